The molecule has 4 rings (SSSR count). The van der Waals surface area contributed by atoms with E-state index in [1.54, 1.807) is 27.7 Å². The summed E-state index contributed by atoms with van der Waals surface area (Å²) >= 11 is 0. The Morgan fingerprint density at radius 1 is 1.06 bits per heavy atom. The molecule has 0 aromatic carbocycles. The number of halogens is 3. The topological polar surface area (TPSA) is 124 Å². The van der Waals surface area contributed by atoms with Gasteiger partial charge >= 0.3 is 11.2 Å². The minimum atomic E-state index is -6.19. The molecule has 4 aliphatic carbocycles. The maximum absolute atomic E-state index is 13.7. The molecule has 4 saturated carbocycles. The Hall–Kier alpha value is -0.910. The van der Waals surface area contributed by atoms with E-state index < -0.39 is 68.0 Å². The van der Waals surface area contributed by atoms with Gasteiger partial charge in [0.2, 0.25) is 0 Å². The summed E-state index contributed by atoms with van der Waals surface area (Å²) in [6.07, 6.45) is -1.52. The van der Waals surface area contributed by atoms with Crippen LogP contribution in [0.3, 0.4) is 0 Å². The Balaban J connectivity index is 1.82. The van der Waals surface area contributed by atoms with Crippen molar-refractivity contribution in [2.24, 2.45) is 22.2 Å². The second-order valence-electron chi connectivity index (χ2n) is 11.4. The van der Waals surface area contributed by atoms with Crippen LogP contribution in [0.15, 0.2) is 0 Å². The third-order valence-electron chi connectivity index (χ3n) is 8.40. The highest BCUT2D eigenvalue weighted by atomic mass is 32.2. The van der Waals surface area contributed by atoms with Crippen LogP contribution in [-0.2, 0) is 19.6 Å². The van der Waals surface area contributed by atoms with E-state index >= 15 is 0 Å². The zero-order chi connectivity index (χ0) is 24.6. The fourth-order valence-electron chi connectivity index (χ4n) is 6.76. The van der Waals surface area contributed by atoms with Gasteiger partial charge in [0, 0.05) is 17.3 Å². The van der Waals surface area contributed by atoms with Gasteiger partial charge in [-0.05, 0) is 72.1 Å². The standard InChI is InChI=1S/C21H33F3O7S/c1-16(2,26)19-8-13-7-18(10-19,11-20(9-13,12-19)17(3,4)27)15(25)31-6-5-14(22)21(23,24)32(28,29)30/h13-14,26-27H,5-12H2,1-4H3,(H,28,29,30)/p-1. The molecule has 11 heteroatoms. The molecule has 0 radical (unpaired) electrons. The number of carbonyl (C=O) groups is 1. The van der Waals surface area contributed by atoms with Crippen LogP contribution in [0.1, 0.15) is 72.6 Å². The van der Waals surface area contributed by atoms with Gasteiger partial charge in [-0.15, -0.1) is 0 Å². The van der Waals surface area contributed by atoms with Crippen LogP contribution >= 0.6 is 0 Å². The minimum absolute atomic E-state index is 0.0421. The Bertz CT molecular complexity index is 845. The Kier molecular flexibility index (Phi) is 5.86. The first kappa shape index (κ1) is 25.7. The molecule has 7 nitrogen and oxygen atoms in total. The number of alkyl halides is 3. The van der Waals surface area contributed by atoms with E-state index in [4.69, 9.17) is 4.74 Å². The molecular weight excluding hydrogens is 453 g/mol. The number of rotatable bonds is 8. The summed E-state index contributed by atoms with van der Waals surface area (Å²) in [6, 6.07) is 0. The van der Waals surface area contributed by atoms with Gasteiger partial charge in [-0.2, -0.15) is 8.78 Å². The van der Waals surface area contributed by atoms with Crippen molar-refractivity contribution in [2.45, 2.75) is 95.3 Å². The lowest BCUT2D eigenvalue weighted by atomic mass is 9.35. The fraction of sp³-hybridized carbons (Fsp3) is 0.952. The maximum Gasteiger partial charge on any atom is 0.364 e. The Labute approximate surface area is 186 Å². The van der Waals surface area contributed by atoms with Gasteiger partial charge < -0.3 is 19.5 Å². The van der Waals surface area contributed by atoms with Crippen molar-refractivity contribution in [3.63, 3.8) is 0 Å². The van der Waals surface area contributed by atoms with E-state index in [0.29, 0.717) is 38.5 Å². The highest BCUT2D eigenvalue weighted by molar-refractivity contribution is 7.86. The minimum Gasteiger partial charge on any atom is -0.743 e. The lowest BCUT2D eigenvalue weighted by molar-refractivity contribution is -0.263. The molecule has 0 aromatic rings. The molecule has 4 aliphatic rings. The van der Waals surface area contributed by atoms with Gasteiger partial charge in [-0.3, -0.25) is 4.79 Å². The van der Waals surface area contributed by atoms with Crippen LogP contribution in [0.5, 0.6) is 0 Å². The molecule has 4 fully saturated rings. The van der Waals surface area contributed by atoms with Crippen molar-refractivity contribution >= 4 is 16.1 Å². The highest BCUT2D eigenvalue weighted by Crippen LogP contribution is 2.74. The molecule has 32 heavy (non-hydrogen) atoms. The van der Waals surface area contributed by atoms with E-state index in [-0.39, 0.29) is 5.92 Å². The molecule has 3 atom stereocenters. The molecular formula is C21H32F3O7S-. The van der Waals surface area contributed by atoms with Crippen molar-refractivity contribution in [1.29, 1.82) is 0 Å². The van der Waals surface area contributed by atoms with Crippen LogP contribution in [0.4, 0.5) is 13.2 Å². The third-order valence-corrected chi connectivity index (χ3v) is 9.32. The van der Waals surface area contributed by atoms with Crippen LogP contribution in [0, 0.1) is 22.2 Å². The normalized spacial score (nSPS) is 36.2. The van der Waals surface area contributed by atoms with Gasteiger partial charge in [0.25, 0.3) is 0 Å². The SMILES string of the molecule is CC(C)(O)C12CC3CC(C(=O)OCCC(F)C(F)(F)S(=O)(=O)[O-])(C1)CC(C(C)(C)O)(C3)C2. The van der Waals surface area contributed by atoms with Crippen LogP contribution < -0.4 is 0 Å². The molecule has 2 N–H and O–H groups in total. The second kappa shape index (κ2) is 7.29. The maximum atomic E-state index is 13.7. The summed E-state index contributed by atoms with van der Waals surface area (Å²) in [5.41, 5.74) is -4.68. The summed E-state index contributed by atoms with van der Waals surface area (Å²) in [5.74, 6) is -0.690. The summed E-state index contributed by atoms with van der Waals surface area (Å²) in [4.78, 5) is 13.2. The average Bonchev–Trinajstić information content (AvgIpc) is 2.57. The van der Waals surface area contributed by atoms with E-state index in [2.05, 4.69) is 0 Å². The number of hydrogen-bond donors (Lipinski definition) is 2. The van der Waals surface area contributed by atoms with Crippen LogP contribution in [-0.4, -0.2) is 58.4 Å². The first-order valence-electron chi connectivity index (χ1n) is 10.8. The molecule has 0 amide bonds. The van der Waals surface area contributed by atoms with Crippen molar-refractivity contribution in [3.8, 4) is 0 Å². The van der Waals surface area contributed by atoms with Gasteiger partial charge in [-0.25, -0.2) is 12.8 Å². The van der Waals surface area contributed by atoms with Crippen molar-refractivity contribution < 1.29 is 45.9 Å². The Morgan fingerprint density at radius 2 is 1.53 bits per heavy atom. The monoisotopic (exact) mass is 485 g/mol. The molecule has 4 bridgehead atoms. The van der Waals surface area contributed by atoms with Gasteiger partial charge in [0.15, 0.2) is 16.3 Å². The molecule has 3 unspecified atom stereocenters. The van der Waals surface area contributed by atoms with E-state index in [1.807, 2.05) is 0 Å². The molecule has 186 valence electrons. The number of carbonyl (C=O) groups excluding carboxylic acids is 1. The quantitative estimate of drug-likeness (QED) is 0.400. The summed E-state index contributed by atoms with van der Waals surface area (Å²) in [6.45, 7) is 5.89. The van der Waals surface area contributed by atoms with E-state index in [0.717, 1.165) is 0 Å². The summed E-state index contributed by atoms with van der Waals surface area (Å²) in [5, 5.41) is 16.9. The zero-order valence-electron chi connectivity index (χ0n) is 18.8. The number of ether oxygens (including phenoxy) is 1. The largest absolute Gasteiger partial charge is 0.743 e. The van der Waals surface area contributed by atoms with Gasteiger partial charge in [-0.1, -0.05) is 0 Å². The Morgan fingerprint density at radius 3 is 1.94 bits per heavy atom. The molecule has 0 saturated heterocycles. The zero-order valence-corrected chi connectivity index (χ0v) is 19.6. The molecule has 0 aliphatic heterocycles. The number of esters is 1. The fourth-order valence-corrected chi connectivity index (χ4v) is 7.19. The van der Waals surface area contributed by atoms with Crippen molar-refractivity contribution in [3.05, 3.63) is 0 Å². The van der Waals surface area contributed by atoms with Crippen molar-refractivity contribution in [2.75, 3.05) is 6.61 Å². The third kappa shape index (κ3) is 3.86. The van der Waals surface area contributed by atoms with Gasteiger partial charge in [0.1, 0.15) is 0 Å². The lowest BCUT2D eigenvalue weighted by Gasteiger charge is -2.70. The van der Waals surface area contributed by atoms with E-state index in [1.165, 1.54) is 0 Å². The smallest absolute Gasteiger partial charge is 0.364 e. The van der Waals surface area contributed by atoms with Crippen LogP contribution in [0.25, 0.3) is 0 Å². The first-order chi connectivity index (χ1) is 14.2. The van der Waals surface area contributed by atoms with E-state index in [9.17, 15) is 41.1 Å². The highest BCUT2D eigenvalue weighted by Gasteiger charge is 2.71. The molecule has 0 spiro atoms. The first-order valence-corrected chi connectivity index (χ1v) is 12.2. The predicted octanol–water partition coefficient (Wildman–Crippen LogP) is 2.89. The summed E-state index contributed by atoms with van der Waals surface area (Å²) < 4.78 is 77.3. The van der Waals surface area contributed by atoms with Crippen molar-refractivity contribution in [1.82, 2.24) is 0 Å². The second-order valence-corrected chi connectivity index (χ2v) is 12.8. The lowest BCUT2D eigenvalue weighted by Crippen LogP contribution is -2.68. The summed E-state index contributed by atoms with van der Waals surface area (Å²) in [7, 11) is -6.19. The number of aliphatic hydroxyl groups is 2. The molecule has 0 heterocycles. The predicted molar refractivity (Wildman–Crippen MR) is 106 cm³/mol. The number of hydrogen-bond acceptors (Lipinski definition) is 7. The molecule has 0 aromatic heterocycles. The van der Waals surface area contributed by atoms with Gasteiger partial charge in [0.05, 0.1) is 23.2 Å². The average molecular weight is 486 g/mol. The van der Waals surface area contributed by atoms with Crippen LogP contribution in [0.2, 0.25) is 0 Å².